The van der Waals surface area contributed by atoms with Crippen LogP contribution in [0.4, 0.5) is 5.69 Å². The Morgan fingerprint density at radius 2 is 1.96 bits per heavy atom. The first-order chi connectivity index (χ1) is 11.9. The first kappa shape index (κ1) is 17.0. The quantitative estimate of drug-likeness (QED) is 0.766. The monoisotopic (exact) mass is 356 g/mol. The summed E-state index contributed by atoms with van der Waals surface area (Å²) in [5, 5.41) is 8.76. The molecule has 0 atom stereocenters. The second-order valence-electron chi connectivity index (χ2n) is 5.78. The zero-order chi connectivity index (χ0) is 18.0. The predicted molar refractivity (Wildman–Crippen MR) is 93.3 cm³/mol. The Balaban J connectivity index is 1.70. The lowest BCUT2D eigenvalue weighted by Gasteiger charge is -2.16. The molecule has 0 bridgehead atoms. The van der Waals surface area contributed by atoms with Gasteiger partial charge in [0, 0.05) is 12.1 Å². The van der Waals surface area contributed by atoms with E-state index in [1.165, 1.54) is 10.6 Å². The van der Waals surface area contributed by atoms with Crippen LogP contribution in [0.2, 0.25) is 0 Å². The molecule has 0 aromatic heterocycles. The molecule has 1 heterocycles. The summed E-state index contributed by atoms with van der Waals surface area (Å²) in [4.78, 5) is 12.3. The fraction of sp³-hybridized carbons (Fsp3) is 0.222. The van der Waals surface area contributed by atoms with Gasteiger partial charge >= 0.3 is 0 Å². The summed E-state index contributed by atoms with van der Waals surface area (Å²) in [5.41, 5.74) is 2.48. The Morgan fingerprint density at radius 3 is 2.60 bits per heavy atom. The van der Waals surface area contributed by atoms with E-state index in [2.05, 4.69) is 0 Å². The number of sulfonamides is 1. The highest BCUT2D eigenvalue weighted by Crippen LogP contribution is 2.30. The summed E-state index contributed by atoms with van der Waals surface area (Å²) in [6, 6.07) is 13.5. The van der Waals surface area contributed by atoms with Crippen LogP contribution in [0.5, 0.6) is 5.75 Å². The lowest BCUT2D eigenvalue weighted by atomic mass is 10.1. The van der Waals surface area contributed by atoms with Crippen molar-refractivity contribution in [3.8, 4) is 11.8 Å². The maximum Gasteiger partial charge on any atom is 0.232 e. The van der Waals surface area contributed by atoms with Crippen LogP contribution in [0.1, 0.15) is 21.5 Å². The minimum Gasteiger partial charge on any atom is -0.485 e. The topological polar surface area (TPSA) is 87.5 Å². The highest BCUT2D eigenvalue weighted by molar-refractivity contribution is 7.92. The lowest BCUT2D eigenvalue weighted by molar-refractivity contribution is 0.0921. The molecule has 0 spiro atoms. The molecule has 1 aliphatic rings. The summed E-state index contributed by atoms with van der Waals surface area (Å²) < 4.78 is 30.3. The summed E-state index contributed by atoms with van der Waals surface area (Å²) in [7, 11) is -3.30. The highest BCUT2D eigenvalue weighted by Gasteiger charge is 2.26. The summed E-state index contributed by atoms with van der Waals surface area (Å²) in [6.07, 6.45) is 1.76. The highest BCUT2D eigenvalue weighted by atomic mass is 32.2. The Morgan fingerprint density at radius 1 is 1.24 bits per heavy atom. The normalized spacial score (nSPS) is 13.2. The largest absolute Gasteiger partial charge is 0.485 e. The van der Waals surface area contributed by atoms with Gasteiger partial charge in [-0.3, -0.25) is 9.10 Å². The van der Waals surface area contributed by atoms with Crippen LogP contribution in [0.15, 0.2) is 42.5 Å². The number of carbonyl (C=O) groups is 1. The molecule has 0 aliphatic carbocycles. The van der Waals surface area contributed by atoms with E-state index in [1.807, 2.05) is 6.07 Å². The van der Waals surface area contributed by atoms with E-state index < -0.39 is 10.0 Å². The molecule has 6 nitrogen and oxygen atoms in total. The average Bonchev–Trinajstić information content (AvgIpc) is 3.03. The van der Waals surface area contributed by atoms with Crippen molar-refractivity contribution in [1.29, 1.82) is 5.26 Å². The van der Waals surface area contributed by atoms with Crippen molar-refractivity contribution in [3.05, 3.63) is 59.2 Å². The van der Waals surface area contributed by atoms with Crippen LogP contribution in [-0.4, -0.2) is 33.6 Å². The number of anilines is 1. The van der Waals surface area contributed by atoms with Gasteiger partial charge in [-0.2, -0.15) is 5.26 Å². The van der Waals surface area contributed by atoms with E-state index in [1.54, 1.807) is 42.5 Å². The van der Waals surface area contributed by atoms with Crippen molar-refractivity contribution in [2.45, 2.75) is 6.42 Å². The second kappa shape index (κ2) is 6.57. The van der Waals surface area contributed by atoms with Gasteiger partial charge in [0.1, 0.15) is 5.75 Å². The van der Waals surface area contributed by atoms with Crippen molar-refractivity contribution >= 4 is 21.5 Å². The number of Topliss-reactive ketones (excluding diaryl/α,β-unsaturated/α-hetero) is 1. The van der Waals surface area contributed by atoms with Gasteiger partial charge in [-0.25, -0.2) is 8.42 Å². The molecule has 128 valence electrons. The minimum atomic E-state index is -3.30. The van der Waals surface area contributed by atoms with Crippen LogP contribution >= 0.6 is 0 Å². The summed E-state index contributed by atoms with van der Waals surface area (Å²) in [5.74, 6) is 0.321. The Labute approximate surface area is 146 Å². The molecular formula is C18H16N2O4S. The Bertz CT molecular complexity index is 960. The molecule has 0 unspecified atom stereocenters. The maximum atomic E-state index is 12.3. The van der Waals surface area contributed by atoms with E-state index in [0.717, 1.165) is 5.56 Å². The van der Waals surface area contributed by atoms with Gasteiger partial charge in [-0.15, -0.1) is 0 Å². The van der Waals surface area contributed by atoms with Gasteiger partial charge in [0.15, 0.2) is 12.4 Å². The van der Waals surface area contributed by atoms with E-state index in [9.17, 15) is 13.2 Å². The van der Waals surface area contributed by atoms with Gasteiger partial charge in [0.25, 0.3) is 0 Å². The summed E-state index contributed by atoms with van der Waals surface area (Å²) in [6.45, 7) is 0.272. The van der Waals surface area contributed by atoms with Crippen LogP contribution in [0, 0.1) is 11.3 Å². The minimum absolute atomic E-state index is 0.125. The van der Waals surface area contributed by atoms with Crippen molar-refractivity contribution in [2.24, 2.45) is 0 Å². The van der Waals surface area contributed by atoms with E-state index in [0.29, 0.717) is 35.5 Å². The smallest absolute Gasteiger partial charge is 0.232 e. The van der Waals surface area contributed by atoms with Crippen LogP contribution in [0.25, 0.3) is 0 Å². The van der Waals surface area contributed by atoms with Gasteiger partial charge < -0.3 is 4.74 Å². The van der Waals surface area contributed by atoms with Crippen molar-refractivity contribution in [1.82, 2.24) is 0 Å². The molecule has 2 aromatic rings. The van der Waals surface area contributed by atoms with Crippen molar-refractivity contribution in [3.63, 3.8) is 0 Å². The first-order valence-corrected chi connectivity index (χ1v) is 9.50. The number of hydrogen-bond donors (Lipinski definition) is 0. The van der Waals surface area contributed by atoms with E-state index >= 15 is 0 Å². The molecule has 0 amide bonds. The number of ether oxygens (including phenoxy) is 1. The van der Waals surface area contributed by atoms with Gasteiger partial charge in [-0.05, 0) is 54.4 Å². The molecule has 0 N–H and O–H groups in total. The molecule has 0 saturated carbocycles. The standard InChI is InChI=1S/C18H16N2O4S/c1-25(22,23)20-9-8-14-10-15(4-7-17(14)20)18(21)12-24-16-5-2-13(11-19)3-6-16/h2-7,10H,8-9,12H2,1H3. The molecule has 2 aromatic carbocycles. The van der Waals surface area contributed by atoms with Crippen molar-refractivity contribution in [2.75, 3.05) is 23.7 Å². The van der Waals surface area contributed by atoms with Gasteiger partial charge in [0.2, 0.25) is 10.0 Å². The lowest BCUT2D eigenvalue weighted by Crippen LogP contribution is -2.27. The SMILES string of the molecule is CS(=O)(=O)N1CCc2cc(C(=O)COc3ccc(C#N)cc3)ccc21. The fourth-order valence-corrected chi connectivity index (χ4v) is 3.71. The Kier molecular flexibility index (Phi) is 4.47. The molecule has 0 radical (unpaired) electrons. The predicted octanol–water partition coefficient (Wildman–Crippen LogP) is 2.14. The number of ketones is 1. The average molecular weight is 356 g/mol. The van der Waals surface area contributed by atoms with Gasteiger partial charge in [-0.1, -0.05) is 0 Å². The molecular weight excluding hydrogens is 340 g/mol. The molecule has 0 saturated heterocycles. The van der Waals surface area contributed by atoms with E-state index in [-0.39, 0.29) is 12.4 Å². The maximum absolute atomic E-state index is 12.3. The third-order valence-electron chi connectivity index (χ3n) is 4.01. The first-order valence-electron chi connectivity index (χ1n) is 7.65. The van der Waals surface area contributed by atoms with Crippen LogP contribution < -0.4 is 9.04 Å². The van der Waals surface area contributed by atoms with Gasteiger partial charge in [0.05, 0.1) is 23.6 Å². The molecule has 7 heteroatoms. The van der Waals surface area contributed by atoms with Crippen molar-refractivity contribution < 1.29 is 17.9 Å². The zero-order valence-corrected chi connectivity index (χ0v) is 14.4. The third kappa shape index (κ3) is 3.64. The Hall–Kier alpha value is -2.85. The number of benzene rings is 2. The third-order valence-corrected chi connectivity index (χ3v) is 5.19. The number of fused-ring (bicyclic) bond motifs is 1. The number of carbonyl (C=O) groups excluding carboxylic acids is 1. The summed E-state index contributed by atoms with van der Waals surface area (Å²) >= 11 is 0. The molecule has 1 aliphatic heterocycles. The molecule has 25 heavy (non-hydrogen) atoms. The second-order valence-corrected chi connectivity index (χ2v) is 7.68. The number of hydrogen-bond acceptors (Lipinski definition) is 5. The molecule has 3 rings (SSSR count). The number of rotatable bonds is 5. The zero-order valence-electron chi connectivity index (χ0n) is 13.6. The number of nitriles is 1. The molecule has 0 fully saturated rings. The number of nitrogens with zero attached hydrogens (tertiary/aromatic N) is 2. The fourth-order valence-electron chi connectivity index (χ4n) is 2.75. The van der Waals surface area contributed by atoms with Crippen LogP contribution in [-0.2, 0) is 16.4 Å². The van der Waals surface area contributed by atoms with Crippen LogP contribution in [0.3, 0.4) is 0 Å². The van der Waals surface area contributed by atoms with E-state index in [4.69, 9.17) is 10.00 Å².